The summed E-state index contributed by atoms with van der Waals surface area (Å²) in [5.74, 6) is -0.0640. The van der Waals surface area contributed by atoms with Gasteiger partial charge < -0.3 is 11.1 Å². The lowest BCUT2D eigenvalue weighted by atomic mass is 10.1. The summed E-state index contributed by atoms with van der Waals surface area (Å²) in [5.41, 5.74) is 7.02. The first kappa shape index (κ1) is 12.7. The van der Waals surface area contributed by atoms with Crippen LogP contribution in [0.25, 0.3) is 0 Å². The van der Waals surface area contributed by atoms with Gasteiger partial charge in [-0.1, -0.05) is 30.3 Å². The molecule has 3 heteroatoms. The summed E-state index contributed by atoms with van der Waals surface area (Å²) >= 11 is 0. The average Bonchev–Trinajstić information content (AvgIpc) is 2.26. The van der Waals surface area contributed by atoms with Gasteiger partial charge in [0.05, 0.1) is 6.04 Å². The maximum absolute atomic E-state index is 11.5. The topological polar surface area (TPSA) is 55.1 Å². The zero-order valence-electron chi connectivity index (χ0n) is 9.94. The molecule has 0 heterocycles. The zero-order chi connectivity index (χ0) is 12.0. The Labute approximate surface area is 97.0 Å². The minimum Gasteiger partial charge on any atom is -0.353 e. The Balaban J connectivity index is 2.35. The lowest BCUT2D eigenvalue weighted by Crippen LogP contribution is -2.43. The molecule has 88 valence electrons. The number of carbonyl (C=O) groups excluding carboxylic acids is 1. The molecule has 0 spiro atoms. The standard InChI is InChI=1S/C13H20N2O/c1-10(2)15-13(16)12(14)9-8-11-6-4-3-5-7-11/h3-7,10,12H,8-9,14H2,1-2H3,(H,15,16). The number of benzene rings is 1. The highest BCUT2D eigenvalue weighted by Gasteiger charge is 2.13. The number of nitrogens with two attached hydrogens (primary N) is 1. The van der Waals surface area contributed by atoms with Gasteiger partial charge in [-0.05, 0) is 32.3 Å². The molecule has 0 aliphatic rings. The Morgan fingerprint density at radius 3 is 2.50 bits per heavy atom. The van der Waals surface area contributed by atoms with Gasteiger partial charge in [-0.2, -0.15) is 0 Å². The molecule has 0 aromatic heterocycles. The van der Waals surface area contributed by atoms with Crippen molar-refractivity contribution in [3.63, 3.8) is 0 Å². The minimum absolute atomic E-state index is 0.0640. The van der Waals surface area contributed by atoms with E-state index >= 15 is 0 Å². The maximum atomic E-state index is 11.5. The summed E-state index contributed by atoms with van der Waals surface area (Å²) in [6, 6.07) is 9.80. The van der Waals surface area contributed by atoms with Gasteiger partial charge in [-0.25, -0.2) is 0 Å². The van der Waals surface area contributed by atoms with Gasteiger partial charge in [-0.15, -0.1) is 0 Å². The normalized spacial score (nSPS) is 12.5. The predicted molar refractivity (Wildman–Crippen MR) is 66.0 cm³/mol. The Morgan fingerprint density at radius 2 is 1.94 bits per heavy atom. The Hall–Kier alpha value is -1.35. The summed E-state index contributed by atoms with van der Waals surface area (Å²) in [7, 11) is 0. The van der Waals surface area contributed by atoms with Crippen LogP contribution in [0.15, 0.2) is 30.3 Å². The van der Waals surface area contributed by atoms with Crippen LogP contribution in [-0.2, 0) is 11.2 Å². The third-order valence-electron chi connectivity index (χ3n) is 2.35. The second kappa shape index (κ2) is 6.28. The van der Waals surface area contributed by atoms with Crippen LogP contribution in [-0.4, -0.2) is 18.0 Å². The van der Waals surface area contributed by atoms with Crippen molar-refractivity contribution in [3.8, 4) is 0 Å². The highest BCUT2D eigenvalue weighted by molar-refractivity contribution is 5.81. The van der Waals surface area contributed by atoms with Gasteiger partial charge in [0.1, 0.15) is 0 Å². The van der Waals surface area contributed by atoms with Crippen molar-refractivity contribution in [1.82, 2.24) is 5.32 Å². The average molecular weight is 220 g/mol. The van der Waals surface area contributed by atoms with E-state index in [-0.39, 0.29) is 11.9 Å². The van der Waals surface area contributed by atoms with Crippen LogP contribution < -0.4 is 11.1 Å². The smallest absolute Gasteiger partial charge is 0.237 e. The fourth-order valence-corrected chi connectivity index (χ4v) is 1.49. The van der Waals surface area contributed by atoms with Crippen LogP contribution in [0.3, 0.4) is 0 Å². The van der Waals surface area contributed by atoms with Gasteiger partial charge in [-0.3, -0.25) is 4.79 Å². The number of hydrogen-bond acceptors (Lipinski definition) is 2. The molecule has 1 aromatic carbocycles. The van der Waals surface area contributed by atoms with E-state index < -0.39 is 6.04 Å². The second-order valence-electron chi connectivity index (χ2n) is 4.29. The van der Waals surface area contributed by atoms with E-state index in [1.807, 2.05) is 44.2 Å². The van der Waals surface area contributed by atoms with Crippen LogP contribution in [0.1, 0.15) is 25.8 Å². The number of nitrogens with one attached hydrogen (secondary N) is 1. The van der Waals surface area contributed by atoms with Gasteiger partial charge in [0.2, 0.25) is 5.91 Å². The molecule has 1 aromatic rings. The molecule has 1 atom stereocenters. The van der Waals surface area contributed by atoms with Crippen molar-refractivity contribution < 1.29 is 4.79 Å². The third kappa shape index (κ3) is 4.45. The molecular formula is C13H20N2O. The molecule has 0 aliphatic carbocycles. The summed E-state index contributed by atoms with van der Waals surface area (Å²) in [6.45, 7) is 3.86. The van der Waals surface area contributed by atoms with Crippen molar-refractivity contribution in [2.75, 3.05) is 0 Å². The van der Waals surface area contributed by atoms with Crippen molar-refractivity contribution in [2.45, 2.75) is 38.8 Å². The first-order chi connectivity index (χ1) is 7.59. The number of hydrogen-bond donors (Lipinski definition) is 2. The molecular weight excluding hydrogens is 200 g/mol. The van der Waals surface area contributed by atoms with Crippen LogP contribution in [0.5, 0.6) is 0 Å². The first-order valence-corrected chi connectivity index (χ1v) is 5.69. The predicted octanol–water partition coefficient (Wildman–Crippen LogP) is 1.47. The summed E-state index contributed by atoms with van der Waals surface area (Å²) in [4.78, 5) is 11.5. The van der Waals surface area contributed by atoms with Gasteiger partial charge >= 0.3 is 0 Å². The van der Waals surface area contributed by atoms with E-state index in [2.05, 4.69) is 5.32 Å². The molecule has 0 bridgehead atoms. The monoisotopic (exact) mass is 220 g/mol. The Bertz CT molecular complexity index is 322. The molecule has 0 fully saturated rings. The van der Waals surface area contributed by atoms with E-state index in [1.54, 1.807) is 0 Å². The SMILES string of the molecule is CC(C)NC(=O)C(N)CCc1ccccc1. The molecule has 0 radical (unpaired) electrons. The Morgan fingerprint density at radius 1 is 1.31 bits per heavy atom. The lowest BCUT2D eigenvalue weighted by Gasteiger charge is -2.14. The molecule has 3 nitrogen and oxygen atoms in total. The summed E-state index contributed by atoms with van der Waals surface area (Å²) in [6.07, 6.45) is 1.52. The van der Waals surface area contributed by atoms with Crippen LogP contribution in [0.2, 0.25) is 0 Å². The van der Waals surface area contributed by atoms with Gasteiger partial charge in [0.15, 0.2) is 0 Å². The largest absolute Gasteiger partial charge is 0.353 e. The molecule has 1 amide bonds. The summed E-state index contributed by atoms with van der Waals surface area (Å²) in [5, 5.41) is 2.81. The molecule has 0 aliphatic heterocycles. The fourth-order valence-electron chi connectivity index (χ4n) is 1.49. The van der Waals surface area contributed by atoms with Crippen molar-refractivity contribution in [1.29, 1.82) is 0 Å². The molecule has 0 saturated carbocycles. The zero-order valence-corrected chi connectivity index (χ0v) is 9.94. The van der Waals surface area contributed by atoms with Crippen molar-refractivity contribution >= 4 is 5.91 Å². The molecule has 1 rings (SSSR count). The first-order valence-electron chi connectivity index (χ1n) is 5.69. The van der Waals surface area contributed by atoms with E-state index in [4.69, 9.17) is 5.73 Å². The quantitative estimate of drug-likeness (QED) is 0.789. The van der Waals surface area contributed by atoms with Crippen LogP contribution in [0, 0.1) is 0 Å². The number of amides is 1. The van der Waals surface area contributed by atoms with Crippen LogP contribution in [0.4, 0.5) is 0 Å². The van der Waals surface area contributed by atoms with Gasteiger partial charge in [0.25, 0.3) is 0 Å². The molecule has 3 N–H and O–H groups in total. The van der Waals surface area contributed by atoms with Gasteiger partial charge in [0, 0.05) is 6.04 Å². The highest BCUT2D eigenvalue weighted by Crippen LogP contribution is 2.04. The van der Waals surface area contributed by atoms with E-state index in [0.717, 1.165) is 6.42 Å². The van der Waals surface area contributed by atoms with E-state index in [1.165, 1.54) is 5.56 Å². The van der Waals surface area contributed by atoms with E-state index in [9.17, 15) is 4.79 Å². The fraction of sp³-hybridized carbons (Fsp3) is 0.462. The Kier molecular flexibility index (Phi) is 4.99. The number of carbonyl (C=O) groups is 1. The van der Waals surface area contributed by atoms with Crippen LogP contribution >= 0.6 is 0 Å². The van der Waals surface area contributed by atoms with E-state index in [0.29, 0.717) is 6.42 Å². The number of rotatable bonds is 5. The second-order valence-corrected chi connectivity index (χ2v) is 4.29. The van der Waals surface area contributed by atoms with Crippen molar-refractivity contribution in [2.24, 2.45) is 5.73 Å². The molecule has 16 heavy (non-hydrogen) atoms. The maximum Gasteiger partial charge on any atom is 0.237 e. The minimum atomic E-state index is -0.414. The molecule has 0 saturated heterocycles. The molecule has 1 unspecified atom stereocenters. The highest BCUT2D eigenvalue weighted by atomic mass is 16.2. The number of aryl methyl sites for hydroxylation is 1. The lowest BCUT2D eigenvalue weighted by molar-refractivity contribution is -0.122. The van der Waals surface area contributed by atoms with Crippen molar-refractivity contribution in [3.05, 3.63) is 35.9 Å². The third-order valence-corrected chi connectivity index (χ3v) is 2.35. The summed E-state index contributed by atoms with van der Waals surface area (Å²) < 4.78 is 0.